The summed E-state index contributed by atoms with van der Waals surface area (Å²) in [4.78, 5) is 25.8. The molecule has 1 aliphatic heterocycles. The highest BCUT2D eigenvalue weighted by Crippen LogP contribution is 2.42. The van der Waals surface area contributed by atoms with Crippen LogP contribution >= 0.6 is 30.3 Å². The molecule has 3 atom stereocenters. The summed E-state index contributed by atoms with van der Waals surface area (Å²) in [6, 6.07) is 2.47. The molecule has 0 spiro atoms. The number of piperidine rings is 1. The van der Waals surface area contributed by atoms with E-state index in [1.54, 1.807) is 15.4 Å². The number of carbonyl (C=O) groups excluding carboxylic acids is 1. The van der Waals surface area contributed by atoms with E-state index in [2.05, 4.69) is 49.2 Å². The van der Waals surface area contributed by atoms with Gasteiger partial charge in [-0.1, -0.05) is 0 Å². The van der Waals surface area contributed by atoms with Crippen LogP contribution in [0.1, 0.15) is 33.6 Å². The number of fused-ring (bicyclic) bond motifs is 3. The molecule has 2 aliphatic rings. The largest absolute Gasteiger partial charge is 0.444 e. The van der Waals surface area contributed by atoms with Gasteiger partial charge in [-0.15, -0.1) is 0 Å². The van der Waals surface area contributed by atoms with Crippen molar-refractivity contribution in [1.29, 1.82) is 0 Å². The molecule has 2 aromatic rings. The van der Waals surface area contributed by atoms with Crippen molar-refractivity contribution in [3.8, 4) is 0 Å². The minimum atomic E-state index is -0.473. The van der Waals surface area contributed by atoms with E-state index >= 15 is 0 Å². The maximum atomic E-state index is 12.7. The third-order valence-corrected chi connectivity index (χ3v) is 7.13. The van der Waals surface area contributed by atoms with Crippen LogP contribution in [0.2, 0.25) is 0 Å². The number of ether oxygens (including phenoxy) is 1. The van der Waals surface area contributed by atoms with Crippen molar-refractivity contribution in [3.05, 3.63) is 18.6 Å². The molecule has 27 heavy (non-hydrogen) atoms. The molecule has 2 aromatic heterocycles. The van der Waals surface area contributed by atoms with Crippen LogP contribution in [0, 0.1) is 5.92 Å². The van der Waals surface area contributed by atoms with Crippen LogP contribution < -0.4 is 4.90 Å². The first-order valence-electron chi connectivity index (χ1n) is 9.12. The van der Waals surface area contributed by atoms with Gasteiger partial charge in [-0.2, -0.15) is 0 Å². The van der Waals surface area contributed by atoms with Gasteiger partial charge in [0, 0.05) is 50.1 Å². The van der Waals surface area contributed by atoms with Gasteiger partial charge in [0.05, 0.1) is 17.5 Å². The lowest BCUT2D eigenvalue weighted by molar-refractivity contribution is 0.0171. The molecular formula is C18H24IN5O2S. The van der Waals surface area contributed by atoms with Crippen LogP contribution in [-0.2, 0) is 4.74 Å². The monoisotopic (exact) mass is 501 g/mol. The average molecular weight is 501 g/mol. The van der Waals surface area contributed by atoms with Crippen LogP contribution in [0.4, 0.5) is 10.6 Å². The lowest BCUT2D eigenvalue weighted by atomic mass is 10.0. The lowest BCUT2D eigenvalue weighted by Crippen LogP contribution is -2.52. The molecule has 0 radical (unpaired) electrons. The van der Waals surface area contributed by atoms with E-state index < -0.39 is 5.60 Å². The SMILES string of the molecule is CN(c1ncnc2c1ccn2SI)C1CC2CC1N(C(=O)OC(C)(C)C)C2. The fourth-order valence-corrected chi connectivity index (χ4v) is 5.62. The summed E-state index contributed by atoms with van der Waals surface area (Å²) in [5.41, 5.74) is 0.442. The van der Waals surface area contributed by atoms with Crippen molar-refractivity contribution in [1.82, 2.24) is 18.8 Å². The molecule has 2 bridgehead atoms. The zero-order chi connectivity index (χ0) is 19.3. The van der Waals surface area contributed by atoms with Crippen molar-refractivity contribution in [3.63, 3.8) is 0 Å². The minimum absolute atomic E-state index is 0.168. The number of amides is 1. The van der Waals surface area contributed by atoms with Crippen LogP contribution in [0.3, 0.4) is 0 Å². The first-order valence-corrected chi connectivity index (χ1v) is 12.4. The molecule has 3 unspecified atom stereocenters. The van der Waals surface area contributed by atoms with Gasteiger partial charge in [0.15, 0.2) is 5.65 Å². The first-order chi connectivity index (χ1) is 12.8. The van der Waals surface area contributed by atoms with E-state index in [1.807, 2.05) is 35.8 Å². The summed E-state index contributed by atoms with van der Waals surface area (Å²) in [6.45, 7) is 6.54. The van der Waals surface area contributed by atoms with E-state index in [4.69, 9.17) is 4.74 Å². The smallest absolute Gasteiger partial charge is 0.410 e. The number of rotatable bonds is 3. The van der Waals surface area contributed by atoms with E-state index in [1.165, 1.54) is 0 Å². The zero-order valence-electron chi connectivity index (χ0n) is 15.9. The maximum Gasteiger partial charge on any atom is 0.410 e. The Hall–Kier alpha value is -1.23. The van der Waals surface area contributed by atoms with Crippen molar-refractivity contribution < 1.29 is 9.53 Å². The van der Waals surface area contributed by atoms with Crippen molar-refractivity contribution in [2.24, 2.45) is 5.92 Å². The Bertz CT molecular complexity index is 867. The van der Waals surface area contributed by atoms with Crippen LogP contribution in [0.15, 0.2) is 18.6 Å². The molecule has 3 heterocycles. The van der Waals surface area contributed by atoms with E-state index in [9.17, 15) is 4.79 Å². The summed E-state index contributed by atoms with van der Waals surface area (Å²) in [5, 5.41) is 1.04. The van der Waals surface area contributed by atoms with E-state index in [-0.39, 0.29) is 18.2 Å². The molecule has 1 saturated heterocycles. The summed E-state index contributed by atoms with van der Waals surface area (Å²) in [6.07, 6.45) is 5.55. The maximum absolute atomic E-state index is 12.7. The van der Waals surface area contributed by atoms with Gasteiger partial charge < -0.3 is 14.5 Å². The Balaban J connectivity index is 1.59. The number of hydrogen-bond acceptors (Lipinski definition) is 6. The van der Waals surface area contributed by atoms with Crippen molar-refractivity contribution in [2.75, 3.05) is 18.5 Å². The van der Waals surface area contributed by atoms with Gasteiger partial charge in [-0.3, -0.25) is 3.97 Å². The van der Waals surface area contributed by atoms with Gasteiger partial charge in [-0.25, -0.2) is 14.8 Å². The second-order valence-corrected chi connectivity index (χ2v) is 10.1. The van der Waals surface area contributed by atoms with Gasteiger partial charge in [-0.05, 0) is 45.6 Å². The minimum Gasteiger partial charge on any atom is -0.444 e. The van der Waals surface area contributed by atoms with Crippen molar-refractivity contribution >= 4 is 53.3 Å². The standard InChI is InChI=1S/C18H24IN5O2S/c1-18(2,3)26-17(25)23-9-11-7-13(14(23)8-11)22(4)15-12-5-6-24(27-19)16(12)21-10-20-15/h5-6,10-11,13-14H,7-9H2,1-4H3. The molecule has 0 aromatic carbocycles. The molecular weight excluding hydrogens is 477 g/mol. The summed E-state index contributed by atoms with van der Waals surface area (Å²) >= 11 is 2.25. The molecule has 2 fully saturated rings. The molecule has 4 rings (SSSR count). The lowest BCUT2D eigenvalue weighted by Gasteiger charge is -2.39. The number of aromatic nitrogens is 3. The Kier molecular flexibility index (Phi) is 4.94. The number of halogens is 1. The molecule has 0 N–H and O–H groups in total. The predicted molar refractivity (Wildman–Crippen MR) is 116 cm³/mol. The topological polar surface area (TPSA) is 63.5 Å². The van der Waals surface area contributed by atoms with Crippen LogP contribution in [0.5, 0.6) is 0 Å². The van der Waals surface area contributed by atoms with E-state index in [0.29, 0.717) is 5.92 Å². The normalized spacial score (nSPS) is 24.6. The summed E-state index contributed by atoms with van der Waals surface area (Å²) in [5.74, 6) is 1.45. The number of anilines is 1. The molecule has 146 valence electrons. The molecule has 9 heteroatoms. The second-order valence-electron chi connectivity index (χ2n) is 8.36. The second kappa shape index (κ2) is 6.98. The molecule has 1 saturated carbocycles. The fourth-order valence-electron chi connectivity index (χ4n) is 4.35. The fraction of sp³-hybridized carbons (Fsp3) is 0.611. The first kappa shape index (κ1) is 19.1. The Morgan fingerprint density at radius 2 is 2.15 bits per heavy atom. The quantitative estimate of drug-likeness (QED) is 0.590. The average Bonchev–Trinajstić information content (AvgIpc) is 3.32. The van der Waals surface area contributed by atoms with Gasteiger partial charge in [0.25, 0.3) is 0 Å². The van der Waals surface area contributed by atoms with Gasteiger partial charge in [0.2, 0.25) is 0 Å². The highest BCUT2D eigenvalue weighted by Gasteiger charge is 2.49. The number of carbonyl (C=O) groups is 1. The Morgan fingerprint density at radius 3 is 2.81 bits per heavy atom. The van der Waals surface area contributed by atoms with Gasteiger partial charge in [0.1, 0.15) is 17.7 Å². The summed E-state index contributed by atoms with van der Waals surface area (Å²) < 4.78 is 7.66. The molecule has 7 nitrogen and oxygen atoms in total. The number of likely N-dealkylation sites (N-methyl/N-ethyl adjacent to an activating group) is 1. The zero-order valence-corrected chi connectivity index (χ0v) is 18.9. The highest BCUT2D eigenvalue weighted by atomic mass is 127. The third kappa shape index (κ3) is 3.48. The third-order valence-electron chi connectivity index (χ3n) is 5.41. The number of hydrogen-bond donors (Lipinski definition) is 0. The number of likely N-dealkylation sites (tertiary alicyclic amines) is 1. The number of nitrogens with zero attached hydrogens (tertiary/aromatic N) is 5. The van der Waals surface area contributed by atoms with Crippen molar-refractivity contribution in [2.45, 2.75) is 51.3 Å². The van der Waals surface area contributed by atoms with E-state index in [0.717, 1.165) is 36.2 Å². The molecule has 1 aliphatic carbocycles. The molecule has 1 amide bonds. The Morgan fingerprint density at radius 1 is 1.37 bits per heavy atom. The van der Waals surface area contributed by atoms with Crippen LogP contribution in [-0.4, -0.2) is 56.2 Å². The highest BCUT2D eigenvalue weighted by molar-refractivity contribution is 14.2. The Labute approximate surface area is 175 Å². The van der Waals surface area contributed by atoms with Crippen LogP contribution in [0.25, 0.3) is 11.0 Å². The summed E-state index contributed by atoms with van der Waals surface area (Å²) in [7, 11) is 3.67. The van der Waals surface area contributed by atoms with Gasteiger partial charge >= 0.3 is 6.09 Å². The predicted octanol–water partition coefficient (Wildman–Crippen LogP) is 4.11.